The van der Waals surface area contributed by atoms with Crippen LogP contribution in [0.1, 0.15) is 23.7 Å². The van der Waals surface area contributed by atoms with Crippen LogP contribution in [0.5, 0.6) is 0 Å². The van der Waals surface area contributed by atoms with Crippen LogP contribution in [0.2, 0.25) is 0 Å². The molecule has 0 unspecified atom stereocenters. The highest BCUT2D eigenvalue weighted by atomic mass is 35.5. The van der Waals surface area contributed by atoms with Crippen LogP contribution in [0.15, 0.2) is 48.5 Å². The van der Waals surface area contributed by atoms with Crippen LogP contribution in [0.25, 0.3) is 0 Å². The first kappa shape index (κ1) is 16.3. The summed E-state index contributed by atoms with van der Waals surface area (Å²) in [7, 11) is 0. The minimum absolute atomic E-state index is 0.140. The summed E-state index contributed by atoms with van der Waals surface area (Å²) in [6.07, 6.45) is 0.106. The molecule has 2 aromatic carbocycles. The molecule has 0 spiro atoms. The molecule has 0 saturated heterocycles. The quantitative estimate of drug-likeness (QED) is 0.682. The lowest BCUT2D eigenvalue weighted by Gasteiger charge is -2.23. The number of fused-ring (bicyclic) bond motifs is 2. The summed E-state index contributed by atoms with van der Waals surface area (Å²) in [6.45, 7) is 0. The number of carbonyl (C=O) groups excluding carboxylic acids is 2. The second kappa shape index (κ2) is 6.93. The molecule has 1 aliphatic heterocycles. The molecule has 1 atom stereocenters. The van der Waals surface area contributed by atoms with E-state index in [1.807, 2.05) is 42.5 Å². The molecule has 0 aromatic heterocycles. The number of benzene rings is 2. The van der Waals surface area contributed by atoms with Gasteiger partial charge in [0.05, 0.1) is 17.8 Å². The molecule has 1 aliphatic rings. The van der Waals surface area contributed by atoms with Gasteiger partial charge in [0, 0.05) is 17.9 Å². The Morgan fingerprint density at radius 1 is 1.12 bits per heavy atom. The largest absolute Gasteiger partial charge is 0.457 e. The third kappa shape index (κ3) is 3.08. The van der Waals surface area contributed by atoms with Crippen molar-refractivity contribution >= 4 is 35.0 Å². The van der Waals surface area contributed by atoms with Gasteiger partial charge in [0.1, 0.15) is 6.10 Å². The molecule has 6 heteroatoms. The third-order valence-electron chi connectivity index (χ3n) is 3.96. The number of halogens is 1. The maximum atomic E-state index is 12.1. The summed E-state index contributed by atoms with van der Waals surface area (Å²) in [5.41, 5.74) is 8.58. The zero-order valence-electron chi connectivity index (χ0n) is 12.9. The Labute approximate surface area is 145 Å². The molecule has 2 N–H and O–H groups in total. The molecule has 0 aliphatic carbocycles. The van der Waals surface area contributed by atoms with E-state index < -0.39 is 12.1 Å². The maximum Gasteiger partial charge on any atom is 0.323 e. The van der Waals surface area contributed by atoms with E-state index in [2.05, 4.69) is 0 Å². The van der Waals surface area contributed by atoms with Crippen molar-refractivity contribution in [2.75, 3.05) is 10.8 Å². The summed E-state index contributed by atoms with van der Waals surface area (Å²) in [5, 5.41) is 0. The number of anilines is 2. The number of amides is 2. The van der Waals surface area contributed by atoms with Crippen LogP contribution < -0.4 is 10.6 Å². The van der Waals surface area contributed by atoms with Gasteiger partial charge in [-0.1, -0.05) is 36.4 Å². The number of esters is 1. The fraction of sp³-hybridized carbons (Fsp3) is 0.222. The van der Waals surface area contributed by atoms with E-state index >= 15 is 0 Å². The number of para-hydroxylation sites is 2. The number of nitrogens with zero attached hydrogens (tertiary/aromatic N) is 1. The van der Waals surface area contributed by atoms with Gasteiger partial charge < -0.3 is 10.5 Å². The molecular weight excluding hydrogens is 328 g/mol. The summed E-state index contributed by atoms with van der Waals surface area (Å²) >= 11 is 5.62. The summed E-state index contributed by atoms with van der Waals surface area (Å²) in [4.78, 5) is 25.5. The average Bonchev–Trinajstić information content (AvgIpc) is 2.69. The van der Waals surface area contributed by atoms with Crippen molar-refractivity contribution in [2.24, 2.45) is 5.73 Å². The van der Waals surface area contributed by atoms with E-state index in [0.717, 1.165) is 11.1 Å². The molecule has 2 aromatic rings. The van der Waals surface area contributed by atoms with E-state index in [0.29, 0.717) is 17.8 Å². The Morgan fingerprint density at radius 2 is 1.79 bits per heavy atom. The number of alkyl halides is 1. The lowest BCUT2D eigenvalue weighted by Crippen LogP contribution is -2.32. The maximum absolute atomic E-state index is 12.1. The van der Waals surface area contributed by atoms with Crippen molar-refractivity contribution in [1.82, 2.24) is 0 Å². The fourth-order valence-corrected chi connectivity index (χ4v) is 3.10. The Bertz CT molecular complexity index is 778. The zero-order valence-corrected chi connectivity index (χ0v) is 13.7. The number of hydrogen-bond donors (Lipinski definition) is 1. The van der Waals surface area contributed by atoms with Crippen LogP contribution in [0.3, 0.4) is 0 Å². The van der Waals surface area contributed by atoms with Crippen molar-refractivity contribution in [3.05, 3.63) is 59.7 Å². The molecule has 5 nitrogen and oxygen atoms in total. The minimum Gasteiger partial charge on any atom is -0.457 e. The van der Waals surface area contributed by atoms with Crippen LogP contribution in [-0.2, 0) is 16.0 Å². The normalized spacial score (nSPS) is 15.9. The Hall–Kier alpha value is -2.53. The Kier molecular flexibility index (Phi) is 4.71. The molecule has 1 heterocycles. The van der Waals surface area contributed by atoms with Gasteiger partial charge in [0.2, 0.25) is 0 Å². The molecule has 2 amide bonds. The van der Waals surface area contributed by atoms with E-state index in [1.54, 1.807) is 6.07 Å². The van der Waals surface area contributed by atoms with Crippen molar-refractivity contribution in [3.8, 4) is 0 Å². The number of hydrogen-bond acceptors (Lipinski definition) is 3. The number of urea groups is 1. The van der Waals surface area contributed by atoms with E-state index in [4.69, 9.17) is 22.1 Å². The second-order valence-corrected chi connectivity index (χ2v) is 5.86. The minimum atomic E-state index is -0.581. The Balaban J connectivity index is 2.12. The number of nitrogens with two attached hydrogens (primary N) is 1. The second-order valence-electron chi connectivity index (χ2n) is 5.48. The topological polar surface area (TPSA) is 72.6 Å². The third-order valence-corrected chi connectivity index (χ3v) is 4.14. The summed E-state index contributed by atoms with van der Waals surface area (Å²) in [5.74, 6) is -0.160. The number of primary amides is 1. The lowest BCUT2D eigenvalue weighted by molar-refractivity contribution is -0.148. The van der Waals surface area contributed by atoms with Crippen LogP contribution in [-0.4, -0.2) is 17.9 Å². The van der Waals surface area contributed by atoms with E-state index in [-0.39, 0.29) is 18.3 Å². The Morgan fingerprint density at radius 3 is 2.50 bits per heavy atom. The van der Waals surface area contributed by atoms with Crippen molar-refractivity contribution < 1.29 is 14.3 Å². The summed E-state index contributed by atoms with van der Waals surface area (Å²) < 4.78 is 5.62. The van der Waals surface area contributed by atoms with Gasteiger partial charge in [-0.3, -0.25) is 9.69 Å². The SMILES string of the molecule is NC(=O)N1c2ccccc2C[C@@H](OC(=O)CCCl)c2ccccc21. The monoisotopic (exact) mass is 344 g/mol. The smallest absolute Gasteiger partial charge is 0.323 e. The van der Waals surface area contributed by atoms with E-state index in [1.165, 1.54) is 4.90 Å². The highest BCUT2D eigenvalue weighted by Crippen LogP contribution is 2.41. The highest BCUT2D eigenvalue weighted by Gasteiger charge is 2.30. The molecule has 124 valence electrons. The lowest BCUT2D eigenvalue weighted by atomic mass is 10.0. The summed E-state index contributed by atoms with van der Waals surface area (Å²) in [6, 6.07) is 14.2. The van der Waals surface area contributed by atoms with Crippen LogP contribution in [0.4, 0.5) is 16.2 Å². The molecule has 0 bridgehead atoms. The highest BCUT2D eigenvalue weighted by molar-refractivity contribution is 6.18. The average molecular weight is 345 g/mol. The molecule has 0 fully saturated rings. The standard InChI is InChI=1S/C18H17ClN2O3/c19-10-9-17(22)24-16-11-12-5-1-3-7-14(12)21(18(20)23)15-8-4-2-6-13(15)16/h1-8,16H,9-11H2,(H2,20,23)/t16-/m1/s1. The zero-order chi connectivity index (χ0) is 17.1. The number of carbonyl (C=O) groups is 2. The molecule has 0 saturated carbocycles. The number of rotatable bonds is 3. The fourth-order valence-electron chi connectivity index (χ4n) is 2.94. The van der Waals surface area contributed by atoms with Gasteiger partial charge in [0.15, 0.2) is 0 Å². The van der Waals surface area contributed by atoms with Crippen molar-refractivity contribution in [2.45, 2.75) is 18.9 Å². The van der Waals surface area contributed by atoms with Crippen molar-refractivity contribution in [1.29, 1.82) is 0 Å². The first-order chi connectivity index (χ1) is 11.6. The first-order valence-electron chi connectivity index (χ1n) is 7.63. The van der Waals surface area contributed by atoms with Gasteiger partial charge >= 0.3 is 12.0 Å². The first-order valence-corrected chi connectivity index (χ1v) is 8.17. The van der Waals surface area contributed by atoms with Crippen molar-refractivity contribution in [3.63, 3.8) is 0 Å². The van der Waals surface area contributed by atoms with E-state index in [9.17, 15) is 9.59 Å². The van der Waals surface area contributed by atoms with Gasteiger partial charge in [-0.2, -0.15) is 0 Å². The van der Waals surface area contributed by atoms with Crippen LogP contribution >= 0.6 is 11.6 Å². The molecule has 24 heavy (non-hydrogen) atoms. The van der Waals surface area contributed by atoms with Crippen LogP contribution in [0, 0.1) is 0 Å². The molecular formula is C18H17ClN2O3. The van der Waals surface area contributed by atoms with Gasteiger partial charge in [-0.25, -0.2) is 4.79 Å². The van der Waals surface area contributed by atoms with Gasteiger partial charge in [-0.05, 0) is 17.7 Å². The van der Waals surface area contributed by atoms with Gasteiger partial charge in [-0.15, -0.1) is 11.6 Å². The predicted octanol–water partition coefficient (Wildman–Crippen LogP) is 3.67. The molecule has 0 radical (unpaired) electrons. The van der Waals surface area contributed by atoms with Gasteiger partial charge in [0.25, 0.3) is 0 Å². The molecule has 3 rings (SSSR count). The number of ether oxygens (including phenoxy) is 1. The predicted molar refractivity (Wildman–Crippen MR) is 92.5 cm³/mol.